The number of carboxylic acids is 1. The second-order valence-corrected chi connectivity index (χ2v) is 8.12. The van der Waals surface area contributed by atoms with Gasteiger partial charge >= 0.3 is 5.97 Å². The highest BCUT2D eigenvalue weighted by Crippen LogP contribution is 2.30. The van der Waals surface area contributed by atoms with E-state index in [9.17, 15) is 9.90 Å². The maximum absolute atomic E-state index is 11.3. The molecule has 0 saturated heterocycles. The molecule has 4 rings (SSSR count). The number of nitrogens with zero attached hydrogens (tertiary/aromatic N) is 5. The summed E-state index contributed by atoms with van der Waals surface area (Å²) in [7, 11) is 1.81. The molecule has 0 spiro atoms. The van der Waals surface area contributed by atoms with Crippen molar-refractivity contribution < 1.29 is 14.6 Å². The Hall–Kier alpha value is -3.49. The van der Waals surface area contributed by atoms with Crippen molar-refractivity contribution in [1.29, 1.82) is 0 Å². The number of pyridine rings is 2. The van der Waals surface area contributed by atoms with E-state index < -0.39 is 5.97 Å². The van der Waals surface area contributed by atoms with Crippen molar-refractivity contribution in [2.75, 3.05) is 5.32 Å². The normalized spacial score (nSPS) is 18.3. The van der Waals surface area contributed by atoms with E-state index in [-0.39, 0.29) is 12.0 Å². The zero-order valence-corrected chi connectivity index (χ0v) is 18.4. The van der Waals surface area contributed by atoms with Crippen molar-refractivity contribution >= 4 is 17.6 Å². The Morgan fingerprint density at radius 2 is 2.16 bits per heavy atom. The van der Waals surface area contributed by atoms with E-state index in [0.717, 1.165) is 37.2 Å². The second kappa shape index (κ2) is 9.76. The molecule has 2 atom stereocenters. The Bertz CT molecular complexity index is 1070. The van der Waals surface area contributed by atoms with E-state index in [4.69, 9.17) is 4.74 Å². The third-order valence-electron chi connectivity index (χ3n) is 5.64. The van der Waals surface area contributed by atoms with Crippen LogP contribution in [-0.2, 0) is 18.3 Å². The molecular formula is C23H28N6O3. The second-order valence-electron chi connectivity index (χ2n) is 8.12. The van der Waals surface area contributed by atoms with Gasteiger partial charge in [-0.1, -0.05) is 24.6 Å². The first kappa shape index (κ1) is 21.7. The molecule has 0 radical (unpaired) electrons. The van der Waals surface area contributed by atoms with Crippen LogP contribution in [0.2, 0.25) is 0 Å². The minimum atomic E-state index is -0.746. The van der Waals surface area contributed by atoms with Gasteiger partial charge in [-0.3, -0.25) is 9.78 Å². The Morgan fingerprint density at radius 1 is 1.28 bits per heavy atom. The first-order valence-corrected chi connectivity index (χ1v) is 11.0. The number of rotatable bonds is 8. The third kappa shape index (κ3) is 5.04. The van der Waals surface area contributed by atoms with Gasteiger partial charge in [-0.15, -0.1) is 5.10 Å². The lowest BCUT2D eigenvalue weighted by Crippen LogP contribution is -2.29. The molecule has 9 heteroatoms. The summed E-state index contributed by atoms with van der Waals surface area (Å²) in [5.74, 6) is 0.969. The number of nitrogens with one attached hydrogen (secondary N) is 1. The Labute approximate surface area is 186 Å². The molecule has 32 heavy (non-hydrogen) atoms. The van der Waals surface area contributed by atoms with E-state index in [1.54, 1.807) is 10.9 Å². The van der Waals surface area contributed by atoms with Gasteiger partial charge in [0.1, 0.15) is 11.6 Å². The first-order valence-electron chi connectivity index (χ1n) is 11.0. The highest BCUT2D eigenvalue weighted by Gasteiger charge is 2.28. The fourth-order valence-electron chi connectivity index (χ4n) is 3.99. The van der Waals surface area contributed by atoms with Crippen molar-refractivity contribution in [3.8, 4) is 17.1 Å². The fourth-order valence-corrected chi connectivity index (χ4v) is 3.99. The van der Waals surface area contributed by atoms with Gasteiger partial charge in [-0.05, 0) is 56.4 Å². The smallest absolute Gasteiger partial charge is 0.306 e. The van der Waals surface area contributed by atoms with Crippen LogP contribution in [0.4, 0.5) is 11.6 Å². The number of aromatic nitrogens is 5. The zero-order valence-electron chi connectivity index (χ0n) is 18.4. The molecule has 1 aliphatic rings. The first-order chi connectivity index (χ1) is 15.5. The topological polar surface area (TPSA) is 115 Å². The number of aryl methyl sites for hydroxylation is 2. The van der Waals surface area contributed by atoms with Crippen LogP contribution in [0.15, 0.2) is 36.5 Å². The SMILES string of the molecule is CCCc1cccc(Nc2c(-c3ccc(O[C@H]4CCC[C@H](C(=O)O)C4)cn3)nnn2C)n1. The number of hydrogen-bond donors (Lipinski definition) is 2. The van der Waals surface area contributed by atoms with Crippen LogP contribution in [0.25, 0.3) is 11.4 Å². The zero-order chi connectivity index (χ0) is 22.5. The lowest BCUT2D eigenvalue weighted by molar-refractivity contribution is -0.143. The van der Waals surface area contributed by atoms with Gasteiger partial charge in [0.05, 0.1) is 23.9 Å². The maximum Gasteiger partial charge on any atom is 0.306 e. The molecule has 0 unspecified atom stereocenters. The highest BCUT2D eigenvalue weighted by atomic mass is 16.5. The molecule has 3 aromatic heterocycles. The molecule has 2 N–H and O–H groups in total. The molecule has 0 amide bonds. The van der Waals surface area contributed by atoms with Crippen LogP contribution in [0.1, 0.15) is 44.7 Å². The van der Waals surface area contributed by atoms with E-state index in [1.165, 1.54) is 0 Å². The average molecular weight is 437 g/mol. The average Bonchev–Trinajstić information content (AvgIpc) is 3.15. The quantitative estimate of drug-likeness (QED) is 0.545. The molecule has 1 fully saturated rings. The summed E-state index contributed by atoms with van der Waals surface area (Å²) in [6.07, 6.45) is 6.45. The summed E-state index contributed by atoms with van der Waals surface area (Å²) in [4.78, 5) is 20.4. The summed E-state index contributed by atoms with van der Waals surface area (Å²) in [6.45, 7) is 2.13. The number of ether oxygens (including phenoxy) is 1. The van der Waals surface area contributed by atoms with Gasteiger partial charge in [0, 0.05) is 12.7 Å². The minimum Gasteiger partial charge on any atom is -0.489 e. The summed E-state index contributed by atoms with van der Waals surface area (Å²) in [5.41, 5.74) is 2.30. The van der Waals surface area contributed by atoms with Crippen molar-refractivity contribution in [3.05, 3.63) is 42.2 Å². The maximum atomic E-state index is 11.3. The number of aliphatic carboxylic acids is 1. The van der Waals surface area contributed by atoms with Gasteiger partial charge in [0.2, 0.25) is 0 Å². The van der Waals surface area contributed by atoms with Crippen molar-refractivity contribution in [1.82, 2.24) is 25.0 Å². The van der Waals surface area contributed by atoms with Crippen LogP contribution < -0.4 is 10.1 Å². The predicted octanol–water partition coefficient (Wildman–Crippen LogP) is 3.99. The number of carbonyl (C=O) groups is 1. The van der Waals surface area contributed by atoms with Gasteiger partial charge < -0.3 is 15.2 Å². The van der Waals surface area contributed by atoms with Crippen molar-refractivity contribution in [2.24, 2.45) is 13.0 Å². The number of carboxylic acid groups (broad SMARTS) is 1. The fraction of sp³-hybridized carbons (Fsp3) is 0.435. The third-order valence-corrected chi connectivity index (χ3v) is 5.64. The molecule has 3 heterocycles. The Morgan fingerprint density at radius 3 is 2.91 bits per heavy atom. The van der Waals surface area contributed by atoms with Crippen LogP contribution in [-0.4, -0.2) is 42.1 Å². The van der Waals surface area contributed by atoms with Crippen molar-refractivity contribution in [2.45, 2.75) is 51.6 Å². The molecule has 1 saturated carbocycles. The molecule has 0 bridgehead atoms. The summed E-state index contributed by atoms with van der Waals surface area (Å²) >= 11 is 0. The molecule has 0 aliphatic heterocycles. The Balaban J connectivity index is 1.48. The molecule has 9 nitrogen and oxygen atoms in total. The summed E-state index contributed by atoms with van der Waals surface area (Å²) < 4.78 is 7.66. The molecule has 168 valence electrons. The molecule has 3 aromatic rings. The summed E-state index contributed by atoms with van der Waals surface area (Å²) in [5, 5.41) is 21.0. The van der Waals surface area contributed by atoms with E-state index in [2.05, 4.69) is 32.5 Å². The van der Waals surface area contributed by atoms with E-state index >= 15 is 0 Å². The molecule has 0 aromatic carbocycles. The lowest BCUT2D eigenvalue weighted by atomic mass is 9.87. The van der Waals surface area contributed by atoms with Gasteiger partial charge in [0.15, 0.2) is 11.5 Å². The molecular weight excluding hydrogens is 408 g/mol. The number of anilines is 2. The predicted molar refractivity (Wildman–Crippen MR) is 120 cm³/mol. The summed E-state index contributed by atoms with van der Waals surface area (Å²) in [6, 6.07) is 9.58. The van der Waals surface area contributed by atoms with Crippen LogP contribution in [0.5, 0.6) is 5.75 Å². The largest absolute Gasteiger partial charge is 0.489 e. The monoisotopic (exact) mass is 436 g/mol. The highest BCUT2D eigenvalue weighted by molar-refractivity contribution is 5.72. The number of hydrogen-bond acceptors (Lipinski definition) is 7. The van der Waals surface area contributed by atoms with Gasteiger partial charge in [0.25, 0.3) is 0 Å². The van der Waals surface area contributed by atoms with Gasteiger partial charge in [-0.2, -0.15) is 0 Å². The van der Waals surface area contributed by atoms with Crippen LogP contribution >= 0.6 is 0 Å². The standard InChI is InChI=1S/C23H28N6O3/c1-3-6-16-8-5-10-20(25-16)26-22-21(27-28-29(22)2)19-12-11-18(14-24-19)32-17-9-4-7-15(13-17)23(30)31/h5,8,10-12,14-15,17H,3-4,6-7,9,13H2,1-2H3,(H,25,26)(H,30,31)/t15-,17-/m0/s1. The van der Waals surface area contributed by atoms with Gasteiger partial charge in [-0.25, -0.2) is 9.67 Å². The van der Waals surface area contributed by atoms with Crippen molar-refractivity contribution in [3.63, 3.8) is 0 Å². The van der Waals surface area contributed by atoms with Crippen LogP contribution in [0, 0.1) is 5.92 Å². The minimum absolute atomic E-state index is 0.104. The Kier molecular flexibility index (Phi) is 6.63. The van der Waals surface area contributed by atoms with E-state index in [1.807, 2.05) is 37.4 Å². The molecule has 1 aliphatic carbocycles. The lowest BCUT2D eigenvalue weighted by Gasteiger charge is -2.27. The van der Waals surface area contributed by atoms with E-state index in [0.29, 0.717) is 35.8 Å². The van der Waals surface area contributed by atoms with Crippen LogP contribution in [0.3, 0.4) is 0 Å².